The molecule has 72 valence electrons. The fourth-order valence-corrected chi connectivity index (χ4v) is 1.13. The van der Waals surface area contributed by atoms with Gasteiger partial charge in [0.15, 0.2) is 0 Å². The minimum Gasteiger partial charge on any atom is -0.508 e. The average molecular weight is 248 g/mol. The van der Waals surface area contributed by atoms with Gasteiger partial charge in [-0.2, -0.15) is 0 Å². The van der Waals surface area contributed by atoms with Crippen LogP contribution in [0.1, 0.15) is 13.8 Å². The number of non-ortho nitro benzene ring substituents is 1. The Bertz CT molecular complexity index is 281. The van der Waals surface area contributed by atoms with Crippen molar-refractivity contribution in [1.82, 2.24) is 0 Å². The van der Waals surface area contributed by atoms with Gasteiger partial charge in [-0.15, -0.1) is 0 Å². The molecule has 1 rings (SSSR count). The van der Waals surface area contributed by atoms with Crippen molar-refractivity contribution >= 4 is 21.6 Å². The van der Waals surface area contributed by atoms with E-state index in [4.69, 9.17) is 5.11 Å². The first kappa shape index (κ1) is 11.9. The highest BCUT2D eigenvalue weighted by Crippen LogP contribution is 2.24. The molecule has 0 aliphatic heterocycles. The summed E-state index contributed by atoms with van der Waals surface area (Å²) >= 11 is 3.02. The summed E-state index contributed by atoms with van der Waals surface area (Å²) in [5.41, 5.74) is -0.128. The van der Waals surface area contributed by atoms with E-state index in [-0.39, 0.29) is 11.4 Å². The number of aromatic hydroxyl groups is 1. The van der Waals surface area contributed by atoms with Gasteiger partial charge in [-0.1, -0.05) is 29.8 Å². The molecular weight excluding hydrogens is 238 g/mol. The van der Waals surface area contributed by atoms with Gasteiger partial charge in [-0.25, -0.2) is 0 Å². The van der Waals surface area contributed by atoms with Gasteiger partial charge in [0, 0.05) is 10.5 Å². The first-order chi connectivity index (χ1) is 6.09. The van der Waals surface area contributed by atoms with Gasteiger partial charge in [0.2, 0.25) is 0 Å². The number of halogens is 1. The molecule has 0 radical (unpaired) electrons. The number of phenols is 1. The maximum Gasteiger partial charge on any atom is 0.274 e. The number of nitrogens with zero attached hydrogens (tertiary/aromatic N) is 1. The van der Waals surface area contributed by atoms with Gasteiger partial charge >= 0.3 is 0 Å². The van der Waals surface area contributed by atoms with Gasteiger partial charge in [0.05, 0.1) is 11.0 Å². The molecule has 0 saturated heterocycles. The summed E-state index contributed by atoms with van der Waals surface area (Å²) in [6.45, 7) is 4.00. The van der Waals surface area contributed by atoms with Crippen LogP contribution in [0.5, 0.6) is 5.75 Å². The second kappa shape index (κ2) is 5.53. The van der Waals surface area contributed by atoms with Crippen LogP contribution in [-0.4, -0.2) is 10.0 Å². The van der Waals surface area contributed by atoms with E-state index < -0.39 is 4.92 Å². The smallest absolute Gasteiger partial charge is 0.274 e. The molecule has 0 bridgehead atoms. The molecule has 0 fully saturated rings. The fourth-order valence-electron chi connectivity index (χ4n) is 0.664. The second-order valence-corrected chi connectivity index (χ2v) is 2.84. The van der Waals surface area contributed by atoms with E-state index in [1.165, 1.54) is 12.1 Å². The Morgan fingerprint density at radius 1 is 1.38 bits per heavy atom. The Morgan fingerprint density at radius 2 is 1.92 bits per heavy atom. The van der Waals surface area contributed by atoms with Crippen LogP contribution in [-0.2, 0) is 0 Å². The lowest BCUT2D eigenvalue weighted by atomic mass is 10.3. The third-order valence-electron chi connectivity index (χ3n) is 1.08. The molecule has 1 aromatic rings. The van der Waals surface area contributed by atoms with E-state index in [1.807, 2.05) is 13.8 Å². The molecule has 0 heterocycles. The summed E-state index contributed by atoms with van der Waals surface area (Å²) < 4.78 is 0.490. The molecule has 0 aliphatic rings. The highest BCUT2D eigenvalue weighted by Gasteiger charge is 2.06. The molecule has 0 saturated carbocycles. The van der Waals surface area contributed by atoms with Crippen molar-refractivity contribution in [3.05, 3.63) is 32.8 Å². The first-order valence-corrected chi connectivity index (χ1v) is 4.53. The van der Waals surface area contributed by atoms with Gasteiger partial charge in [-0.3, -0.25) is 10.1 Å². The maximum atomic E-state index is 10.2. The van der Waals surface area contributed by atoms with Crippen molar-refractivity contribution < 1.29 is 10.0 Å². The van der Waals surface area contributed by atoms with Crippen LogP contribution in [0.15, 0.2) is 22.7 Å². The van der Waals surface area contributed by atoms with E-state index in [2.05, 4.69) is 15.9 Å². The number of rotatable bonds is 1. The average Bonchev–Trinajstić information content (AvgIpc) is 2.06. The molecule has 0 aromatic heterocycles. The molecule has 4 nitrogen and oxygen atoms in total. The van der Waals surface area contributed by atoms with Crippen molar-refractivity contribution in [3.63, 3.8) is 0 Å². The number of phenolic OH excluding ortho intramolecular Hbond substituents is 1. The monoisotopic (exact) mass is 247 g/mol. The SMILES string of the molecule is CC.O=[N+]([O-])c1cc(O)cc(Br)c1. The third-order valence-corrected chi connectivity index (χ3v) is 1.54. The second-order valence-electron chi connectivity index (χ2n) is 1.92. The Kier molecular flexibility index (Phi) is 5.06. The molecule has 5 heteroatoms. The lowest BCUT2D eigenvalue weighted by Crippen LogP contribution is -1.86. The zero-order chi connectivity index (χ0) is 10.4. The quantitative estimate of drug-likeness (QED) is 0.613. The molecule has 1 N–H and O–H groups in total. The van der Waals surface area contributed by atoms with E-state index in [9.17, 15) is 10.1 Å². The summed E-state index contributed by atoms with van der Waals surface area (Å²) in [6, 6.07) is 3.79. The van der Waals surface area contributed by atoms with Crippen LogP contribution in [0, 0.1) is 10.1 Å². The zero-order valence-electron chi connectivity index (χ0n) is 7.32. The molecule has 0 spiro atoms. The summed E-state index contributed by atoms with van der Waals surface area (Å²) in [5.74, 6) is -0.119. The highest BCUT2D eigenvalue weighted by atomic mass is 79.9. The minimum atomic E-state index is -0.565. The Labute approximate surface area is 84.5 Å². The normalized spacial score (nSPS) is 8.54. The van der Waals surface area contributed by atoms with Crippen LogP contribution in [0.25, 0.3) is 0 Å². The summed E-state index contributed by atoms with van der Waals surface area (Å²) in [5, 5.41) is 19.1. The first-order valence-electron chi connectivity index (χ1n) is 3.73. The van der Waals surface area contributed by atoms with Gasteiger partial charge in [-0.05, 0) is 6.07 Å². The third kappa shape index (κ3) is 3.89. The highest BCUT2D eigenvalue weighted by molar-refractivity contribution is 9.10. The molecule has 1 aromatic carbocycles. The molecule has 0 amide bonds. The summed E-state index contributed by atoms with van der Waals surface area (Å²) in [7, 11) is 0. The van der Waals surface area contributed by atoms with Crippen molar-refractivity contribution in [2.75, 3.05) is 0 Å². The van der Waals surface area contributed by atoms with E-state index in [0.29, 0.717) is 4.47 Å². The van der Waals surface area contributed by atoms with Crippen molar-refractivity contribution in [3.8, 4) is 5.75 Å². The number of nitro benzene ring substituents is 1. The standard InChI is InChI=1S/C6H4BrNO3.C2H6/c7-4-1-5(8(10)11)3-6(9)2-4;1-2/h1-3,9H;1-2H3. The predicted octanol–water partition coefficient (Wildman–Crippen LogP) is 3.09. The van der Waals surface area contributed by atoms with E-state index in [0.717, 1.165) is 6.07 Å². The number of benzene rings is 1. The lowest BCUT2D eigenvalue weighted by Gasteiger charge is -1.93. The lowest BCUT2D eigenvalue weighted by molar-refractivity contribution is -0.385. The molecule has 13 heavy (non-hydrogen) atoms. The predicted molar refractivity (Wildman–Crippen MR) is 53.8 cm³/mol. The van der Waals surface area contributed by atoms with Crippen LogP contribution in [0.2, 0.25) is 0 Å². The Hall–Kier alpha value is -1.10. The molecule has 0 unspecified atom stereocenters. The number of nitro groups is 1. The molecule has 0 aliphatic carbocycles. The van der Waals surface area contributed by atoms with Crippen molar-refractivity contribution in [2.24, 2.45) is 0 Å². The topological polar surface area (TPSA) is 63.4 Å². The molecule has 0 atom stereocenters. The Morgan fingerprint density at radius 3 is 2.31 bits per heavy atom. The zero-order valence-corrected chi connectivity index (χ0v) is 8.91. The largest absolute Gasteiger partial charge is 0.508 e. The summed E-state index contributed by atoms with van der Waals surface area (Å²) in [4.78, 5) is 9.61. The Balaban J connectivity index is 0.000000671. The number of hydrogen-bond acceptors (Lipinski definition) is 3. The van der Waals surface area contributed by atoms with E-state index in [1.54, 1.807) is 0 Å². The molecular formula is C8H10BrNO3. The van der Waals surface area contributed by atoms with Crippen LogP contribution in [0.4, 0.5) is 5.69 Å². The fraction of sp³-hybridized carbons (Fsp3) is 0.250. The van der Waals surface area contributed by atoms with Crippen LogP contribution >= 0.6 is 15.9 Å². The van der Waals surface area contributed by atoms with Crippen molar-refractivity contribution in [2.45, 2.75) is 13.8 Å². The summed E-state index contributed by atoms with van der Waals surface area (Å²) in [6.07, 6.45) is 0. The number of hydrogen-bond donors (Lipinski definition) is 1. The van der Waals surface area contributed by atoms with Gasteiger partial charge in [0.25, 0.3) is 5.69 Å². The van der Waals surface area contributed by atoms with Gasteiger partial charge < -0.3 is 5.11 Å². The van der Waals surface area contributed by atoms with Crippen molar-refractivity contribution in [1.29, 1.82) is 0 Å². The van der Waals surface area contributed by atoms with E-state index >= 15 is 0 Å². The minimum absolute atomic E-state index is 0.119. The van der Waals surface area contributed by atoms with Crippen LogP contribution in [0.3, 0.4) is 0 Å². The van der Waals surface area contributed by atoms with Crippen LogP contribution < -0.4 is 0 Å². The van der Waals surface area contributed by atoms with Gasteiger partial charge in [0.1, 0.15) is 5.75 Å². The maximum absolute atomic E-state index is 10.2.